The number of aliphatic hydroxyl groups excluding tert-OH is 1. The Morgan fingerprint density at radius 3 is 2.77 bits per heavy atom. The van der Waals surface area contributed by atoms with Crippen LogP contribution in [0, 0.1) is 13.8 Å². The molecule has 22 heavy (non-hydrogen) atoms. The van der Waals surface area contributed by atoms with E-state index in [1.54, 1.807) is 4.68 Å². The number of aromatic nitrogens is 4. The van der Waals surface area contributed by atoms with E-state index in [1.807, 2.05) is 32.0 Å². The Labute approximate surface area is 132 Å². The molecule has 9 heteroatoms. The van der Waals surface area contributed by atoms with Gasteiger partial charge in [0.25, 0.3) is 0 Å². The third kappa shape index (κ3) is 3.01. The van der Waals surface area contributed by atoms with Crippen molar-refractivity contribution in [3.8, 4) is 5.69 Å². The summed E-state index contributed by atoms with van der Waals surface area (Å²) in [5.41, 5.74) is 2.94. The van der Waals surface area contributed by atoms with Gasteiger partial charge >= 0.3 is 0 Å². The van der Waals surface area contributed by atoms with E-state index in [1.165, 1.54) is 11.8 Å². The molecular weight excluding hydrogens is 324 g/mol. The van der Waals surface area contributed by atoms with Crippen molar-refractivity contribution in [3.63, 3.8) is 0 Å². The van der Waals surface area contributed by atoms with Gasteiger partial charge in [0, 0.05) is 0 Å². The normalized spacial score (nSPS) is 23.8. The summed E-state index contributed by atoms with van der Waals surface area (Å²) in [4.78, 5) is 0. The van der Waals surface area contributed by atoms with Crippen LogP contribution in [0.5, 0.6) is 0 Å². The molecule has 3 rings (SSSR count). The number of tetrazole rings is 1. The predicted molar refractivity (Wildman–Crippen MR) is 82.9 cm³/mol. The maximum atomic E-state index is 11.6. The highest BCUT2D eigenvalue weighted by Crippen LogP contribution is 2.31. The van der Waals surface area contributed by atoms with E-state index in [2.05, 4.69) is 15.5 Å². The van der Waals surface area contributed by atoms with Gasteiger partial charge < -0.3 is 5.11 Å². The molecule has 1 N–H and O–H groups in total. The molecule has 118 valence electrons. The molecule has 0 bridgehead atoms. The summed E-state index contributed by atoms with van der Waals surface area (Å²) in [5.74, 6) is -0.256. The van der Waals surface area contributed by atoms with Crippen molar-refractivity contribution in [1.82, 2.24) is 20.2 Å². The van der Waals surface area contributed by atoms with Gasteiger partial charge in [-0.05, 0) is 41.5 Å². The Kier molecular flexibility index (Phi) is 3.96. The van der Waals surface area contributed by atoms with Gasteiger partial charge in [-0.1, -0.05) is 23.9 Å². The molecule has 1 aliphatic heterocycles. The summed E-state index contributed by atoms with van der Waals surface area (Å²) in [5, 5.41) is 21.6. The first-order valence-corrected chi connectivity index (χ1v) is 9.47. The third-order valence-electron chi connectivity index (χ3n) is 3.56. The Morgan fingerprint density at radius 1 is 1.32 bits per heavy atom. The minimum atomic E-state index is -3.19. The Bertz CT molecular complexity index is 803. The molecule has 1 aliphatic rings. The number of nitrogens with zero attached hydrogens (tertiary/aromatic N) is 4. The van der Waals surface area contributed by atoms with Crippen molar-refractivity contribution in [2.24, 2.45) is 0 Å². The maximum Gasteiger partial charge on any atom is 0.214 e. The number of benzene rings is 1. The molecule has 2 aromatic rings. The van der Waals surface area contributed by atoms with E-state index in [9.17, 15) is 13.5 Å². The number of rotatable bonds is 3. The van der Waals surface area contributed by atoms with Gasteiger partial charge in [-0.2, -0.15) is 4.68 Å². The zero-order valence-electron chi connectivity index (χ0n) is 12.2. The molecule has 7 nitrogen and oxygen atoms in total. The summed E-state index contributed by atoms with van der Waals surface area (Å²) in [7, 11) is -3.19. The van der Waals surface area contributed by atoms with E-state index >= 15 is 0 Å². The van der Waals surface area contributed by atoms with Gasteiger partial charge in [0.1, 0.15) is 0 Å². The van der Waals surface area contributed by atoms with Gasteiger partial charge in [-0.3, -0.25) is 0 Å². The number of thioether (sulfide) groups is 1. The Hall–Kier alpha value is -1.45. The first kappa shape index (κ1) is 15.4. The molecule has 1 aromatic heterocycles. The lowest BCUT2D eigenvalue weighted by Gasteiger charge is -2.12. The van der Waals surface area contributed by atoms with Crippen LogP contribution < -0.4 is 0 Å². The number of hydrogen-bond donors (Lipinski definition) is 1. The van der Waals surface area contributed by atoms with Gasteiger partial charge in [0.2, 0.25) is 5.16 Å². The fourth-order valence-electron chi connectivity index (χ4n) is 2.40. The second-order valence-corrected chi connectivity index (χ2v) is 8.82. The molecule has 0 unspecified atom stereocenters. The van der Waals surface area contributed by atoms with Gasteiger partial charge in [0.15, 0.2) is 9.84 Å². The van der Waals surface area contributed by atoms with Crippen molar-refractivity contribution in [3.05, 3.63) is 29.3 Å². The summed E-state index contributed by atoms with van der Waals surface area (Å²) in [6.07, 6.45) is -0.890. The molecule has 0 aliphatic carbocycles. The Balaban J connectivity index is 1.92. The second kappa shape index (κ2) is 5.64. The average Bonchev–Trinajstić information content (AvgIpc) is 2.97. The molecule has 1 saturated heterocycles. The average molecular weight is 340 g/mol. The van der Waals surface area contributed by atoms with Crippen LogP contribution in [-0.4, -0.2) is 56.6 Å². The minimum Gasteiger partial charge on any atom is -0.391 e. The van der Waals surface area contributed by atoms with E-state index in [4.69, 9.17) is 0 Å². The predicted octanol–water partition coefficient (Wildman–Crippen LogP) is 0.529. The fourth-order valence-corrected chi connectivity index (χ4v) is 5.87. The van der Waals surface area contributed by atoms with Gasteiger partial charge in [-0.25, -0.2) is 8.42 Å². The maximum absolute atomic E-state index is 11.6. The zero-order chi connectivity index (χ0) is 15.9. The highest BCUT2D eigenvalue weighted by Gasteiger charge is 2.38. The monoisotopic (exact) mass is 340 g/mol. The molecule has 0 saturated carbocycles. The summed E-state index contributed by atoms with van der Waals surface area (Å²) in [6, 6.07) is 5.95. The molecule has 2 heterocycles. The molecule has 0 spiro atoms. The van der Waals surface area contributed by atoms with Crippen molar-refractivity contribution < 1.29 is 13.5 Å². The van der Waals surface area contributed by atoms with Crippen LogP contribution in [0.15, 0.2) is 23.4 Å². The molecular formula is C13H16N4O3S2. The highest BCUT2D eigenvalue weighted by molar-refractivity contribution is 8.01. The van der Waals surface area contributed by atoms with Crippen LogP contribution in [0.3, 0.4) is 0 Å². The summed E-state index contributed by atoms with van der Waals surface area (Å²) in [6.45, 7) is 3.94. The smallest absolute Gasteiger partial charge is 0.214 e. The molecule has 0 amide bonds. The van der Waals surface area contributed by atoms with Crippen LogP contribution in [0.4, 0.5) is 0 Å². The third-order valence-corrected chi connectivity index (χ3v) is 6.74. The molecule has 1 aromatic carbocycles. The van der Waals surface area contributed by atoms with Crippen LogP contribution in [0.2, 0.25) is 0 Å². The van der Waals surface area contributed by atoms with Crippen LogP contribution in [0.1, 0.15) is 11.1 Å². The molecule has 0 radical (unpaired) electrons. The minimum absolute atomic E-state index is 0.0571. The SMILES string of the molecule is Cc1ccc(C)c(-n2nnnc2S[C@H]2CS(=O)(=O)C[C@@H]2O)c1. The van der Waals surface area contributed by atoms with Crippen molar-refractivity contribution in [1.29, 1.82) is 0 Å². The second-order valence-electron chi connectivity index (χ2n) is 5.46. The first-order chi connectivity index (χ1) is 10.4. The number of aryl methyl sites for hydroxylation is 2. The van der Waals surface area contributed by atoms with Crippen molar-refractivity contribution in [2.45, 2.75) is 30.4 Å². The lowest BCUT2D eigenvalue weighted by molar-refractivity contribution is 0.207. The Morgan fingerprint density at radius 2 is 2.09 bits per heavy atom. The summed E-state index contributed by atoms with van der Waals surface area (Å²) < 4.78 is 24.8. The topological polar surface area (TPSA) is 98.0 Å². The van der Waals surface area contributed by atoms with E-state index in [-0.39, 0.29) is 11.5 Å². The van der Waals surface area contributed by atoms with Crippen LogP contribution in [-0.2, 0) is 9.84 Å². The van der Waals surface area contributed by atoms with E-state index in [0.717, 1.165) is 16.8 Å². The first-order valence-electron chi connectivity index (χ1n) is 6.77. The number of sulfone groups is 1. The van der Waals surface area contributed by atoms with Crippen LogP contribution in [0.25, 0.3) is 5.69 Å². The van der Waals surface area contributed by atoms with Crippen LogP contribution >= 0.6 is 11.8 Å². The highest BCUT2D eigenvalue weighted by atomic mass is 32.2. The fraction of sp³-hybridized carbons (Fsp3) is 0.462. The standard InChI is InChI=1S/C13H16N4O3S2/c1-8-3-4-9(2)10(5-8)17-13(14-15-16-17)21-12-7-22(19,20)6-11(12)18/h3-5,11-12,18H,6-7H2,1-2H3/t11-,12-/m0/s1. The zero-order valence-corrected chi connectivity index (χ0v) is 13.8. The largest absolute Gasteiger partial charge is 0.391 e. The van der Waals surface area contributed by atoms with E-state index in [0.29, 0.717) is 5.16 Å². The quantitative estimate of drug-likeness (QED) is 0.870. The summed E-state index contributed by atoms with van der Waals surface area (Å²) >= 11 is 1.20. The van der Waals surface area contributed by atoms with E-state index < -0.39 is 21.2 Å². The van der Waals surface area contributed by atoms with Gasteiger partial charge in [-0.15, -0.1) is 5.10 Å². The molecule has 1 fully saturated rings. The van der Waals surface area contributed by atoms with Crippen molar-refractivity contribution in [2.75, 3.05) is 11.5 Å². The lowest BCUT2D eigenvalue weighted by atomic mass is 10.1. The number of hydrogen-bond acceptors (Lipinski definition) is 7. The van der Waals surface area contributed by atoms with Gasteiger partial charge in [0.05, 0.1) is 28.5 Å². The molecule has 2 atom stereocenters. The van der Waals surface area contributed by atoms with Crippen molar-refractivity contribution >= 4 is 21.6 Å². The number of aliphatic hydroxyl groups is 1. The lowest BCUT2D eigenvalue weighted by Crippen LogP contribution is -2.20.